The van der Waals surface area contributed by atoms with Crippen molar-refractivity contribution in [1.82, 2.24) is 4.31 Å². The summed E-state index contributed by atoms with van der Waals surface area (Å²) in [5.74, 6) is -0.477. The maximum absolute atomic E-state index is 11.5. The van der Waals surface area contributed by atoms with Gasteiger partial charge in [0.1, 0.15) is 0 Å². The normalized spacial score (nSPS) is 11.4. The second-order valence-corrected chi connectivity index (χ2v) is 5.67. The van der Waals surface area contributed by atoms with Crippen LogP contribution in [0.4, 0.5) is 0 Å². The zero-order valence-corrected chi connectivity index (χ0v) is 10.2. The number of rotatable bonds is 4. The first-order chi connectivity index (χ1) is 7.47. The van der Waals surface area contributed by atoms with Crippen LogP contribution in [0.15, 0.2) is 24.3 Å². The molecule has 0 saturated heterocycles. The van der Waals surface area contributed by atoms with E-state index in [9.17, 15) is 8.42 Å². The van der Waals surface area contributed by atoms with Crippen molar-refractivity contribution < 1.29 is 8.42 Å². The molecule has 0 unspecified atom stereocenters. The average Bonchev–Trinajstić information content (AvgIpc) is 2.21. The predicted octanol–water partition coefficient (Wildman–Crippen LogP) is 1.28. The molecule has 1 rings (SSSR count). The number of nitrogens with zero attached hydrogens (tertiary/aromatic N) is 2. The molecule has 0 bridgehead atoms. The van der Waals surface area contributed by atoms with Crippen LogP contribution in [0.2, 0.25) is 0 Å². The molecule has 0 aromatic heterocycles. The fourth-order valence-electron chi connectivity index (χ4n) is 1.32. The lowest BCUT2D eigenvalue weighted by Gasteiger charge is -2.16. The van der Waals surface area contributed by atoms with Crippen molar-refractivity contribution in [3.8, 4) is 6.07 Å². The molecule has 5 heteroatoms. The summed E-state index contributed by atoms with van der Waals surface area (Å²) in [7, 11) is -1.97. The first kappa shape index (κ1) is 12.7. The zero-order valence-electron chi connectivity index (χ0n) is 9.34. The highest BCUT2D eigenvalue weighted by molar-refractivity contribution is 7.89. The minimum absolute atomic E-state index is 0.302. The van der Waals surface area contributed by atoms with Gasteiger partial charge in [-0.3, -0.25) is 0 Å². The maximum atomic E-state index is 11.5. The minimum atomic E-state index is -3.45. The van der Waals surface area contributed by atoms with Crippen LogP contribution in [-0.2, 0) is 16.6 Å². The van der Waals surface area contributed by atoms with Gasteiger partial charge in [0, 0.05) is 13.6 Å². The molecule has 0 aliphatic rings. The van der Waals surface area contributed by atoms with E-state index in [4.69, 9.17) is 5.26 Å². The van der Waals surface area contributed by atoms with Gasteiger partial charge in [-0.1, -0.05) is 24.3 Å². The van der Waals surface area contributed by atoms with Crippen LogP contribution in [0.1, 0.15) is 11.1 Å². The smallest absolute Gasteiger partial charge is 0.211 e. The molecule has 0 fully saturated rings. The monoisotopic (exact) mass is 238 g/mol. The summed E-state index contributed by atoms with van der Waals surface area (Å²) in [5.41, 5.74) is 1.99. The molecule has 1 aromatic rings. The lowest BCUT2D eigenvalue weighted by molar-refractivity contribution is 0.469. The van der Waals surface area contributed by atoms with Gasteiger partial charge in [0.05, 0.1) is 6.07 Å². The van der Waals surface area contributed by atoms with Gasteiger partial charge in [-0.2, -0.15) is 9.57 Å². The van der Waals surface area contributed by atoms with Crippen LogP contribution in [-0.4, -0.2) is 25.5 Å². The highest BCUT2D eigenvalue weighted by atomic mass is 32.2. The molecule has 0 aliphatic carbocycles. The summed E-state index contributed by atoms with van der Waals surface area (Å²) in [4.78, 5) is 0. The molecular weight excluding hydrogens is 224 g/mol. The van der Waals surface area contributed by atoms with E-state index in [0.29, 0.717) is 6.54 Å². The number of hydrogen-bond donors (Lipinski definition) is 0. The van der Waals surface area contributed by atoms with Gasteiger partial charge in [-0.25, -0.2) is 8.42 Å². The molecule has 0 atom stereocenters. The maximum Gasteiger partial charge on any atom is 0.227 e. The van der Waals surface area contributed by atoms with Crippen molar-refractivity contribution in [2.24, 2.45) is 0 Å². The summed E-state index contributed by atoms with van der Waals surface area (Å²) < 4.78 is 24.3. The summed E-state index contributed by atoms with van der Waals surface area (Å²) in [6.07, 6.45) is 0. The van der Waals surface area contributed by atoms with Crippen LogP contribution >= 0.6 is 0 Å². The topological polar surface area (TPSA) is 61.2 Å². The highest BCUT2D eigenvalue weighted by Crippen LogP contribution is 2.11. The molecule has 0 spiro atoms. The second-order valence-electron chi connectivity index (χ2n) is 3.60. The lowest BCUT2D eigenvalue weighted by atomic mass is 10.1. The van der Waals surface area contributed by atoms with E-state index >= 15 is 0 Å². The van der Waals surface area contributed by atoms with Gasteiger partial charge in [-0.05, 0) is 18.1 Å². The van der Waals surface area contributed by atoms with Crippen molar-refractivity contribution in [3.05, 3.63) is 35.4 Å². The Morgan fingerprint density at radius 3 is 2.56 bits per heavy atom. The number of aryl methyl sites for hydroxylation is 1. The van der Waals surface area contributed by atoms with Gasteiger partial charge < -0.3 is 0 Å². The molecule has 0 radical (unpaired) electrons. The van der Waals surface area contributed by atoms with E-state index in [0.717, 1.165) is 11.1 Å². The van der Waals surface area contributed by atoms with E-state index in [-0.39, 0.29) is 0 Å². The molecule has 86 valence electrons. The Balaban J connectivity index is 2.84. The van der Waals surface area contributed by atoms with Crippen LogP contribution in [0.5, 0.6) is 0 Å². The van der Waals surface area contributed by atoms with E-state index in [2.05, 4.69) is 0 Å². The van der Waals surface area contributed by atoms with Gasteiger partial charge in [0.15, 0.2) is 5.75 Å². The van der Waals surface area contributed by atoms with Crippen molar-refractivity contribution in [1.29, 1.82) is 5.26 Å². The van der Waals surface area contributed by atoms with Gasteiger partial charge >= 0.3 is 0 Å². The zero-order chi connectivity index (χ0) is 12.2. The average molecular weight is 238 g/mol. The Labute approximate surface area is 96.2 Å². The minimum Gasteiger partial charge on any atom is -0.211 e. The summed E-state index contributed by atoms with van der Waals surface area (Å²) in [5, 5.41) is 8.42. The number of hydrogen-bond acceptors (Lipinski definition) is 3. The molecule has 0 aliphatic heterocycles. The second kappa shape index (κ2) is 5.10. The number of nitriles is 1. The lowest BCUT2D eigenvalue weighted by Crippen LogP contribution is -2.28. The van der Waals surface area contributed by atoms with Gasteiger partial charge in [-0.15, -0.1) is 0 Å². The van der Waals surface area contributed by atoms with Gasteiger partial charge in [0.2, 0.25) is 10.0 Å². The van der Waals surface area contributed by atoms with Crippen molar-refractivity contribution in [3.63, 3.8) is 0 Å². The summed E-state index contributed by atoms with van der Waals surface area (Å²) in [6.45, 7) is 2.23. The first-order valence-electron chi connectivity index (χ1n) is 4.83. The number of sulfonamides is 1. The molecular formula is C11H14N2O2S. The van der Waals surface area contributed by atoms with E-state index in [1.54, 1.807) is 6.07 Å². The molecule has 0 saturated carbocycles. The Bertz CT molecular complexity index is 503. The molecule has 16 heavy (non-hydrogen) atoms. The van der Waals surface area contributed by atoms with Crippen LogP contribution in [0, 0.1) is 18.3 Å². The first-order valence-corrected chi connectivity index (χ1v) is 6.44. The quantitative estimate of drug-likeness (QED) is 0.793. The van der Waals surface area contributed by atoms with E-state index in [1.165, 1.54) is 11.4 Å². The highest BCUT2D eigenvalue weighted by Gasteiger charge is 2.17. The predicted molar refractivity (Wildman–Crippen MR) is 62.0 cm³/mol. The molecule has 0 N–H and O–H groups in total. The van der Waals surface area contributed by atoms with Gasteiger partial charge in [0.25, 0.3) is 0 Å². The Hall–Kier alpha value is -1.38. The standard InChI is InChI=1S/C11H14N2O2S/c1-10-5-3-4-6-11(10)9-13(2)16(14,15)8-7-12/h3-6H,8-9H2,1-2H3. The molecule has 0 amide bonds. The van der Waals surface area contributed by atoms with Crippen molar-refractivity contribution in [2.75, 3.05) is 12.8 Å². The summed E-state index contributed by atoms with van der Waals surface area (Å²) in [6, 6.07) is 9.25. The molecule has 4 nitrogen and oxygen atoms in total. The van der Waals surface area contributed by atoms with E-state index < -0.39 is 15.8 Å². The fraction of sp³-hybridized carbons (Fsp3) is 0.364. The number of benzene rings is 1. The summed E-state index contributed by atoms with van der Waals surface area (Å²) >= 11 is 0. The van der Waals surface area contributed by atoms with Crippen LogP contribution < -0.4 is 0 Å². The van der Waals surface area contributed by atoms with Crippen LogP contribution in [0.3, 0.4) is 0 Å². The van der Waals surface area contributed by atoms with E-state index in [1.807, 2.05) is 31.2 Å². The van der Waals surface area contributed by atoms with Crippen molar-refractivity contribution in [2.45, 2.75) is 13.5 Å². The third-order valence-electron chi connectivity index (χ3n) is 2.38. The Morgan fingerprint density at radius 2 is 2.00 bits per heavy atom. The molecule has 0 heterocycles. The SMILES string of the molecule is Cc1ccccc1CN(C)S(=O)(=O)CC#N. The Morgan fingerprint density at radius 1 is 1.38 bits per heavy atom. The largest absolute Gasteiger partial charge is 0.227 e. The third kappa shape index (κ3) is 3.05. The third-order valence-corrected chi connectivity index (χ3v) is 3.95. The fourth-order valence-corrected chi connectivity index (χ4v) is 2.04. The molecule has 1 aromatic carbocycles. The Kier molecular flexibility index (Phi) is 4.05. The van der Waals surface area contributed by atoms with Crippen molar-refractivity contribution >= 4 is 10.0 Å². The van der Waals surface area contributed by atoms with Crippen LogP contribution in [0.25, 0.3) is 0 Å².